The quantitative estimate of drug-likeness (QED) is 0.230. The number of benzene rings is 1. The summed E-state index contributed by atoms with van der Waals surface area (Å²) in [6, 6.07) is 5.28. The molecule has 0 aliphatic heterocycles. The number of amides is 1. The number of aromatic nitrogens is 5. The zero-order valence-corrected chi connectivity index (χ0v) is 23.9. The lowest BCUT2D eigenvalue weighted by atomic mass is 10.0. The zero-order valence-electron chi connectivity index (χ0n) is 23.1. The standard InChI is InChI=1S/C27H27F4N7O4S/c1-3-20-21(15-38(36-20)8-9-43(2,40)41)34-25-32-13-18(14-33-25)16-4-5-17(19(28)10-16)11-24(39)35-23-12-22(42-37-23)26(6-7-26)27(29,30)31/h4-5,10,12-15H,3,6-9,11H2,1-2H3,(H,32,33,34)(H,35,37,39). The highest BCUT2D eigenvalue weighted by Gasteiger charge is 2.66. The van der Waals surface area contributed by atoms with Crippen molar-refractivity contribution in [3.8, 4) is 11.1 Å². The number of nitrogens with zero attached hydrogens (tertiary/aromatic N) is 5. The first-order valence-corrected chi connectivity index (χ1v) is 15.3. The Labute approximate surface area is 243 Å². The third-order valence-corrected chi connectivity index (χ3v) is 7.97. The molecule has 16 heteroatoms. The van der Waals surface area contributed by atoms with E-state index in [9.17, 15) is 30.8 Å². The molecule has 43 heavy (non-hydrogen) atoms. The molecule has 1 aliphatic rings. The second kappa shape index (κ2) is 11.4. The van der Waals surface area contributed by atoms with Crippen LogP contribution in [0.5, 0.6) is 0 Å². The molecular weight excluding hydrogens is 594 g/mol. The number of aryl methyl sites for hydroxylation is 2. The van der Waals surface area contributed by atoms with Gasteiger partial charge in [-0.25, -0.2) is 22.8 Å². The largest absolute Gasteiger partial charge is 0.401 e. The van der Waals surface area contributed by atoms with Crippen LogP contribution in [0.2, 0.25) is 0 Å². The minimum Gasteiger partial charge on any atom is -0.358 e. The van der Waals surface area contributed by atoms with Crippen LogP contribution in [-0.4, -0.2) is 57.4 Å². The Morgan fingerprint density at radius 1 is 1.14 bits per heavy atom. The van der Waals surface area contributed by atoms with E-state index < -0.39 is 33.2 Å². The average molecular weight is 622 g/mol. The van der Waals surface area contributed by atoms with E-state index in [0.717, 1.165) is 12.3 Å². The van der Waals surface area contributed by atoms with E-state index in [4.69, 9.17) is 4.52 Å². The van der Waals surface area contributed by atoms with Crippen LogP contribution in [0.1, 0.15) is 36.8 Å². The molecule has 1 fully saturated rings. The molecule has 4 aromatic rings. The monoisotopic (exact) mass is 621 g/mol. The first-order valence-electron chi connectivity index (χ1n) is 13.2. The van der Waals surface area contributed by atoms with Crippen molar-refractivity contribution in [3.05, 3.63) is 65.7 Å². The molecule has 0 spiro atoms. The molecule has 0 radical (unpaired) electrons. The topological polar surface area (TPSA) is 145 Å². The molecule has 0 unspecified atom stereocenters. The number of sulfone groups is 1. The maximum Gasteiger partial charge on any atom is 0.401 e. The summed E-state index contributed by atoms with van der Waals surface area (Å²) in [5, 5.41) is 13.3. The van der Waals surface area contributed by atoms with Crippen LogP contribution < -0.4 is 10.6 Å². The maximum absolute atomic E-state index is 14.9. The predicted octanol–water partition coefficient (Wildman–Crippen LogP) is 4.59. The fourth-order valence-electron chi connectivity index (χ4n) is 4.45. The highest BCUT2D eigenvalue weighted by molar-refractivity contribution is 7.90. The molecule has 1 amide bonds. The Morgan fingerprint density at radius 3 is 2.47 bits per heavy atom. The van der Waals surface area contributed by atoms with Gasteiger partial charge in [-0.1, -0.05) is 24.2 Å². The lowest BCUT2D eigenvalue weighted by Gasteiger charge is -2.14. The van der Waals surface area contributed by atoms with Gasteiger partial charge in [0.05, 0.1) is 30.1 Å². The predicted molar refractivity (Wildman–Crippen MR) is 148 cm³/mol. The molecule has 3 heterocycles. The van der Waals surface area contributed by atoms with E-state index in [-0.39, 0.29) is 54.6 Å². The highest BCUT2D eigenvalue weighted by Crippen LogP contribution is 2.59. The van der Waals surface area contributed by atoms with E-state index in [1.807, 2.05) is 6.92 Å². The Bertz CT molecular complexity index is 1750. The van der Waals surface area contributed by atoms with Gasteiger partial charge in [0.1, 0.15) is 21.1 Å². The second-order valence-corrected chi connectivity index (χ2v) is 12.6. The van der Waals surface area contributed by atoms with Gasteiger partial charge in [-0.2, -0.15) is 18.3 Å². The molecule has 2 N–H and O–H groups in total. The fourth-order valence-corrected chi connectivity index (χ4v) is 4.97. The van der Waals surface area contributed by atoms with Gasteiger partial charge < -0.3 is 15.2 Å². The second-order valence-electron chi connectivity index (χ2n) is 10.3. The van der Waals surface area contributed by atoms with Gasteiger partial charge in [0.15, 0.2) is 11.6 Å². The normalized spacial score (nSPS) is 14.5. The molecule has 0 bridgehead atoms. The van der Waals surface area contributed by atoms with Crippen molar-refractivity contribution in [2.24, 2.45) is 0 Å². The molecule has 0 saturated heterocycles. The van der Waals surface area contributed by atoms with Crippen LogP contribution in [0, 0.1) is 5.82 Å². The lowest BCUT2D eigenvalue weighted by Crippen LogP contribution is -2.28. The van der Waals surface area contributed by atoms with E-state index in [1.54, 1.807) is 16.9 Å². The number of rotatable bonds is 11. The molecule has 1 aromatic carbocycles. The number of hydrogen-bond donors (Lipinski definition) is 2. The number of carbonyl (C=O) groups is 1. The summed E-state index contributed by atoms with van der Waals surface area (Å²) in [5.74, 6) is -1.66. The van der Waals surface area contributed by atoms with Crippen molar-refractivity contribution in [3.63, 3.8) is 0 Å². The van der Waals surface area contributed by atoms with Gasteiger partial charge in [0, 0.05) is 36.5 Å². The van der Waals surface area contributed by atoms with E-state index in [0.29, 0.717) is 28.9 Å². The molecule has 228 valence electrons. The molecule has 1 aliphatic carbocycles. The zero-order chi connectivity index (χ0) is 31.0. The van der Waals surface area contributed by atoms with Crippen LogP contribution in [0.15, 0.2) is 47.4 Å². The summed E-state index contributed by atoms with van der Waals surface area (Å²) in [6.07, 6.45) is 1.34. The summed E-state index contributed by atoms with van der Waals surface area (Å²) in [6.45, 7) is 2.12. The molecule has 0 atom stereocenters. The smallest absolute Gasteiger partial charge is 0.358 e. The number of carbonyl (C=O) groups excluding carboxylic acids is 1. The van der Waals surface area contributed by atoms with Crippen molar-refractivity contribution < 1.29 is 35.3 Å². The average Bonchev–Trinajstić information content (AvgIpc) is 3.49. The van der Waals surface area contributed by atoms with Crippen molar-refractivity contribution in [2.75, 3.05) is 22.6 Å². The van der Waals surface area contributed by atoms with Gasteiger partial charge in [-0.15, -0.1) is 0 Å². The minimum atomic E-state index is -4.48. The molecular formula is C27H27F4N7O4S. The summed E-state index contributed by atoms with van der Waals surface area (Å²) < 4.78 is 84.0. The van der Waals surface area contributed by atoms with Crippen molar-refractivity contribution in [2.45, 2.75) is 50.7 Å². The van der Waals surface area contributed by atoms with Gasteiger partial charge in [0.25, 0.3) is 0 Å². The molecule has 1 saturated carbocycles. The number of alkyl halides is 3. The summed E-state index contributed by atoms with van der Waals surface area (Å²) in [4.78, 5) is 21.0. The molecule has 11 nitrogen and oxygen atoms in total. The van der Waals surface area contributed by atoms with Crippen LogP contribution in [-0.2, 0) is 39.4 Å². The molecule has 5 rings (SSSR count). The maximum atomic E-state index is 14.9. The van der Waals surface area contributed by atoms with Crippen LogP contribution in [0.25, 0.3) is 11.1 Å². The Morgan fingerprint density at radius 2 is 1.86 bits per heavy atom. The first kappa shape index (κ1) is 30.1. The Balaban J connectivity index is 1.20. The number of nitrogens with one attached hydrogen (secondary N) is 2. The van der Waals surface area contributed by atoms with Crippen molar-refractivity contribution in [1.29, 1.82) is 0 Å². The Hall–Kier alpha value is -4.34. The van der Waals surface area contributed by atoms with Crippen LogP contribution in [0.3, 0.4) is 0 Å². The number of hydrogen-bond acceptors (Lipinski definition) is 9. The van der Waals surface area contributed by atoms with Crippen molar-refractivity contribution in [1.82, 2.24) is 24.9 Å². The van der Waals surface area contributed by atoms with E-state index in [2.05, 4.69) is 30.9 Å². The summed E-state index contributed by atoms with van der Waals surface area (Å²) >= 11 is 0. The third-order valence-electron chi connectivity index (χ3n) is 7.04. The van der Waals surface area contributed by atoms with E-state index in [1.165, 1.54) is 24.5 Å². The lowest BCUT2D eigenvalue weighted by molar-refractivity contribution is -0.165. The van der Waals surface area contributed by atoms with E-state index >= 15 is 0 Å². The van der Waals surface area contributed by atoms with Crippen LogP contribution in [0.4, 0.5) is 35.0 Å². The summed E-state index contributed by atoms with van der Waals surface area (Å²) in [7, 11) is -3.14. The van der Waals surface area contributed by atoms with Gasteiger partial charge in [-0.05, 0) is 36.5 Å². The third kappa shape index (κ3) is 6.84. The summed E-state index contributed by atoms with van der Waals surface area (Å²) in [5.41, 5.74) is 0.309. The van der Waals surface area contributed by atoms with Gasteiger partial charge in [0.2, 0.25) is 11.9 Å². The minimum absolute atomic E-state index is 0.0448. The highest BCUT2D eigenvalue weighted by atomic mass is 32.2. The SMILES string of the molecule is CCc1nn(CCS(C)(=O)=O)cc1Nc1ncc(-c2ccc(CC(=O)Nc3cc(C4(C(F)(F)F)CC4)on3)c(F)c2)cn1. The van der Waals surface area contributed by atoms with Gasteiger partial charge >= 0.3 is 6.18 Å². The first-order chi connectivity index (χ1) is 20.3. The molecule has 3 aromatic heterocycles. The Kier molecular flexibility index (Phi) is 7.98. The van der Waals surface area contributed by atoms with Crippen molar-refractivity contribution >= 4 is 33.2 Å². The van der Waals surface area contributed by atoms with Crippen LogP contribution >= 0.6 is 0 Å². The number of anilines is 3. The van der Waals surface area contributed by atoms with Gasteiger partial charge in [-0.3, -0.25) is 9.48 Å². The fraction of sp³-hybridized carbons (Fsp3) is 0.370. The number of halogens is 4.